The average molecular weight is 365 g/mol. The number of methoxy groups -OCH3 is 2. The number of hydrogen-bond acceptors (Lipinski definition) is 3. The Labute approximate surface area is 159 Å². The summed E-state index contributed by atoms with van der Waals surface area (Å²) in [6.07, 6.45) is 3.67. The zero-order chi connectivity index (χ0) is 19.2. The highest BCUT2D eigenvalue weighted by Crippen LogP contribution is 2.37. The molecule has 148 valence electrons. The van der Waals surface area contributed by atoms with Gasteiger partial charge in [0.05, 0.1) is 26.4 Å². The van der Waals surface area contributed by atoms with Crippen LogP contribution in [0.2, 0.25) is 0 Å². The van der Waals surface area contributed by atoms with E-state index in [2.05, 4.69) is 45.1 Å². The van der Waals surface area contributed by atoms with Crippen molar-refractivity contribution >= 4 is 0 Å². The van der Waals surface area contributed by atoms with E-state index in [0.717, 1.165) is 48.9 Å². The fourth-order valence-corrected chi connectivity index (χ4v) is 4.34. The van der Waals surface area contributed by atoms with Crippen LogP contribution in [-0.4, -0.2) is 33.0 Å². The summed E-state index contributed by atoms with van der Waals surface area (Å²) in [5, 5.41) is 2.42. The maximum atomic E-state index is 5.92. The molecule has 0 spiro atoms. The molecule has 1 heterocycles. The fourth-order valence-electron chi connectivity index (χ4n) is 4.34. The Hall–Kier alpha value is -1.26. The molecule has 4 nitrogen and oxygen atoms in total. The fraction of sp³-hybridized carbons (Fsp3) is 0.727. The van der Waals surface area contributed by atoms with Crippen LogP contribution in [0.1, 0.15) is 52.5 Å². The minimum absolute atomic E-state index is 0.0411. The molecule has 1 aliphatic heterocycles. The van der Waals surface area contributed by atoms with Crippen molar-refractivity contribution in [2.45, 2.75) is 59.1 Å². The van der Waals surface area contributed by atoms with Gasteiger partial charge in [0.25, 0.3) is 0 Å². The molecule has 0 bridgehead atoms. The van der Waals surface area contributed by atoms with Gasteiger partial charge in [0, 0.05) is 12.2 Å². The van der Waals surface area contributed by atoms with E-state index in [1.165, 1.54) is 24.8 Å². The summed E-state index contributed by atoms with van der Waals surface area (Å²) >= 11 is 0. The molecule has 1 aliphatic rings. The van der Waals surface area contributed by atoms with Crippen molar-refractivity contribution in [1.82, 2.24) is 0 Å². The summed E-state index contributed by atoms with van der Waals surface area (Å²) in [6, 6.07) is 6.19. The smallest absolute Gasteiger partial charge is 0.161 e. The van der Waals surface area contributed by atoms with Crippen molar-refractivity contribution in [3.05, 3.63) is 23.8 Å². The maximum Gasteiger partial charge on any atom is 0.161 e. The Morgan fingerprint density at radius 2 is 1.92 bits per heavy atom. The monoisotopic (exact) mass is 364 g/mol. The number of rotatable bonds is 9. The summed E-state index contributed by atoms with van der Waals surface area (Å²) in [4.78, 5) is 0. The molecule has 0 aromatic heterocycles. The van der Waals surface area contributed by atoms with Crippen molar-refractivity contribution in [3.8, 4) is 11.5 Å². The minimum atomic E-state index is 0.0411. The first-order valence-corrected chi connectivity index (χ1v) is 10.0. The molecule has 1 aromatic carbocycles. The molecule has 1 saturated heterocycles. The van der Waals surface area contributed by atoms with Gasteiger partial charge in [-0.2, -0.15) is 0 Å². The van der Waals surface area contributed by atoms with E-state index >= 15 is 0 Å². The predicted molar refractivity (Wildman–Crippen MR) is 106 cm³/mol. The number of benzene rings is 1. The van der Waals surface area contributed by atoms with Crippen LogP contribution >= 0.6 is 0 Å². The van der Waals surface area contributed by atoms with Gasteiger partial charge >= 0.3 is 0 Å². The molecule has 1 aromatic rings. The molecular weight excluding hydrogens is 326 g/mol. The maximum absolute atomic E-state index is 5.92. The zero-order valence-corrected chi connectivity index (χ0v) is 17.5. The lowest BCUT2D eigenvalue weighted by atomic mass is 9.73. The molecule has 0 aliphatic carbocycles. The Morgan fingerprint density at radius 3 is 2.54 bits per heavy atom. The summed E-state index contributed by atoms with van der Waals surface area (Å²) in [7, 11) is 3.36. The first-order valence-electron chi connectivity index (χ1n) is 10.0. The van der Waals surface area contributed by atoms with E-state index in [0.29, 0.717) is 0 Å². The van der Waals surface area contributed by atoms with Crippen molar-refractivity contribution in [3.63, 3.8) is 0 Å². The molecule has 4 heteroatoms. The van der Waals surface area contributed by atoms with Crippen LogP contribution in [0.4, 0.5) is 0 Å². The molecule has 2 N–H and O–H groups in total. The second kappa shape index (κ2) is 9.61. The first-order chi connectivity index (χ1) is 12.4. The SMILES string of the molecule is COc1ccc(C[NH2+]CC[C@H](C(C)C)[C@H]2CCOC(C)(C)C2)cc1OC. The quantitative estimate of drug-likeness (QED) is 0.681. The van der Waals surface area contributed by atoms with Gasteiger partial charge in [-0.25, -0.2) is 0 Å². The third-order valence-electron chi connectivity index (χ3n) is 5.73. The van der Waals surface area contributed by atoms with Gasteiger partial charge in [0.2, 0.25) is 0 Å². The standard InChI is InChI=1S/C22H37NO3/c1-16(2)19(18-10-12-26-22(3,4)14-18)9-11-23-15-17-7-8-20(24-5)21(13-17)25-6/h7-8,13,16,18-19,23H,9-12,14-15H2,1-6H3/p+1/t18-,19+/m0/s1. The number of quaternary nitrogens is 1. The Balaban J connectivity index is 1.85. The molecule has 1 fully saturated rings. The second-order valence-electron chi connectivity index (χ2n) is 8.53. The van der Waals surface area contributed by atoms with E-state index in [9.17, 15) is 0 Å². The van der Waals surface area contributed by atoms with Crippen LogP contribution in [0.15, 0.2) is 18.2 Å². The van der Waals surface area contributed by atoms with Gasteiger partial charge in [-0.1, -0.05) is 13.8 Å². The molecule has 2 atom stereocenters. The van der Waals surface area contributed by atoms with E-state index < -0.39 is 0 Å². The molecule has 0 unspecified atom stereocenters. The average Bonchev–Trinajstić information content (AvgIpc) is 2.60. The molecule has 2 rings (SSSR count). The number of hydrogen-bond donors (Lipinski definition) is 1. The van der Waals surface area contributed by atoms with Crippen molar-refractivity contribution in [1.29, 1.82) is 0 Å². The Kier molecular flexibility index (Phi) is 7.78. The highest BCUT2D eigenvalue weighted by Gasteiger charge is 2.34. The topological polar surface area (TPSA) is 44.3 Å². The lowest BCUT2D eigenvalue weighted by Gasteiger charge is -2.40. The summed E-state index contributed by atoms with van der Waals surface area (Å²) in [5.74, 6) is 3.89. The molecule has 0 saturated carbocycles. The predicted octanol–water partition coefficient (Wildman–Crippen LogP) is 3.63. The molecular formula is C22H38NO3+. The minimum Gasteiger partial charge on any atom is -0.493 e. The largest absolute Gasteiger partial charge is 0.493 e. The lowest BCUT2D eigenvalue weighted by Crippen LogP contribution is -2.82. The van der Waals surface area contributed by atoms with E-state index in [-0.39, 0.29) is 5.60 Å². The van der Waals surface area contributed by atoms with Gasteiger partial charge in [-0.05, 0) is 69.1 Å². The van der Waals surface area contributed by atoms with Crippen LogP contribution < -0.4 is 14.8 Å². The summed E-state index contributed by atoms with van der Waals surface area (Å²) in [5.41, 5.74) is 1.32. The molecule has 0 radical (unpaired) electrons. The van der Waals surface area contributed by atoms with Crippen LogP contribution in [0.25, 0.3) is 0 Å². The third kappa shape index (κ3) is 5.88. The van der Waals surface area contributed by atoms with Crippen LogP contribution in [0.3, 0.4) is 0 Å². The van der Waals surface area contributed by atoms with Crippen molar-refractivity contribution in [2.75, 3.05) is 27.4 Å². The summed E-state index contributed by atoms with van der Waals surface area (Å²) in [6.45, 7) is 12.3. The zero-order valence-electron chi connectivity index (χ0n) is 17.5. The normalized spacial score (nSPS) is 20.8. The van der Waals surface area contributed by atoms with Crippen LogP contribution in [-0.2, 0) is 11.3 Å². The highest BCUT2D eigenvalue weighted by molar-refractivity contribution is 5.42. The Morgan fingerprint density at radius 1 is 1.19 bits per heavy atom. The van der Waals surface area contributed by atoms with Crippen LogP contribution in [0.5, 0.6) is 11.5 Å². The highest BCUT2D eigenvalue weighted by atomic mass is 16.5. The number of nitrogens with two attached hydrogens (primary N) is 1. The molecule has 26 heavy (non-hydrogen) atoms. The van der Waals surface area contributed by atoms with E-state index in [4.69, 9.17) is 14.2 Å². The molecule has 0 amide bonds. The number of ether oxygens (including phenoxy) is 3. The van der Waals surface area contributed by atoms with Gasteiger partial charge < -0.3 is 19.5 Å². The lowest BCUT2D eigenvalue weighted by molar-refractivity contribution is -0.671. The van der Waals surface area contributed by atoms with Gasteiger partial charge in [-0.15, -0.1) is 0 Å². The summed E-state index contributed by atoms with van der Waals surface area (Å²) < 4.78 is 16.6. The van der Waals surface area contributed by atoms with Gasteiger partial charge in [0.1, 0.15) is 6.54 Å². The Bertz CT molecular complexity index is 556. The second-order valence-corrected chi connectivity index (χ2v) is 8.53. The first kappa shape index (κ1) is 21.0. The van der Waals surface area contributed by atoms with Crippen molar-refractivity contribution in [2.24, 2.45) is 17.8 Å². The van der Waals surface area contributed by atoms with E-state index in [1.807, 2.05) is 6.07 Å². The van der Waals surface area contributed by atoms with E-state index in [1.54, 1.807) is 14.2 Å². The van der Waals surface area contributed by atoms with Gasteiger partial charge in [-0.3, -0.25) is 0 Å². The van der Waals surface area contributed by atoms with Crippen molar-refractivity contribution < 1.29 is 19.5 Å². The van der Waals surface area contributed by atoms with Crippen LogP contribution in [0, 0.1) is 17.8 Å². The third-order valence-corrected chi connectivity index (χ3v) is 5.73. The van der Waals surface area contributed by atoms with Gasteiger partial charge in [0.15, 0.2) is 11.5 Å².